The average Bonchev–Trinajstić information content (AvgIpc) is 3.66. The van der Waals surface area contributed by atoms with Crippen LogP contribution in [-0.4, -0.2) is 62.9 Å². The second-order valence-corrected chi connectivity index (χ2v) is 11.4. The van der Waals surface area contributed by atoms with Crippen LogP contribution in [0.25, 0.3) is 11.3 Å². The number of amides is 4. The molecule has 0 spiro atoms. The maximum atomic E-state index is 13.1. The second kappa shape index (κ2) is 9.83. The van der Waals surface area contributed by atoms with Gasteiger partial charge in [-0.1, -0.05) is 6.07 Å². The van der Waals surface area contributed by atoms with E-state index in [1.165, 1.54) is 12.8 Å². The normalized spacial score (nSPS) is 23.7. The predicted molar refractivity (Wildman–Crippen MR) is 150 cm³/mol. The van der Waals surface area contributed by atoms with Gasteiger partial charge in [0.05, 0.1) is 28.6 Å². The van der Waals surface area contributed by atoms with Gasteiger partial charge in [0.1, 0.15) is 11.9 Å². The molecule has 1 saturated heterocycles. The number of fused-ring (bicyclic) bond motifs is 1. The van der Waals surface area contributed by atoms with E-state index in [0.717, 1.165) is 52.7 Å². The molecule has 1 aromatic carbocycles. The van der Waals surface area contributed by atoms with Gasteiger partial charge in [0.2, 0.25) is 11.8 Å². The monoisotopic (exact) mass is 553 g/mol. The summed E-state index contributed by atoms with van der Waals surface area (Å²) in [7, 11) is 1.87. The Morgan fingerprint density at radius 1 is 0.976 bits per heavy atom. The lowest BCUT2D eigenvalue weighted by molar-refractivity contribution is -0.136. The highest BCUT2D eigenvalue weighted by Crippen LogP contribution is 2.45. The molecule has 3 aromatic rings. The van der Waals surface area contributed by atoms with E-state index in [-0.39, 0.29) is 29.9 Å². The molecule has 210 valence electrons. The van der Waals surface area contributed by atoms with Gasteiger partial charge in [-0.2, -0.15) is 5.10 Å². The number of benzene rings is 1. The van der Waals surface area contributed by atoms with Gasteiger partial charge in [-0.25, -0.2) is 4.98 Å². The zero-order valence-electron chi connectivity index (χ0n) is 22.7. The molecule has 3 N–H and O–H groups in total. The van der Waals surface area contributed by atoms with Gasteiger partial charge < -0.3 is 10.6 Å². The molecule has 2 saturated carbocycles. The number of piperidine rings is 1. The number of anilines is 2. The van der Waals surface area contributed by atoms with Crippen LogP contribution in [0.4, 0.5) is 11.5 Å². The molecular formula is C30H31N7O4. The van der Waals surface area contributed by atoms with Crippen LogP contribution in [0.3, 0.4) is 0 Å². The smallest absolute Gasteiger partial charge is 0.262 e. The molecular weight excluding hydrogens is 522 g/mol. The van der Waals surface area contributed by atoms with Crippen LogP contribution in [0.2, 0.25) is 0 Å². The van der Waals surface area contributed by atoms with Crippen LogP contribution in [0.5, 0.6) is 0 Å². The summed E-state index contributed by atoms with van der Waals surface area (Å²) in [4.78, 5) is 55.6. The number of imide groups is 2. The van der Waals surface area contributed by atoms with Crippen molar-refractivity contribution in [2.45, 2.75) is 56.5 Å². The molecule has 2 aliphatic heterocycles. The van der Waals surface area contributed by atoms with E-state index in [2.05, 4.69) is 26.8 Å². The maximum absolute atomic E-state index is 13.1. The molecule has 4 amide bonds. The van der Waals surface area contributed by atoms with Gasteiger partial charge in [0.15, 0.2) is 0 Å². The third-order valence-electron chi connectivity index (χ3n) is 8.63. The molecule has 4 aliphatic rings. The summed E-state index contributed by atoms with van der Waals surface area (Å²) in [5.74, 6) is -0.178. The second-order valence-electron chi connectivity index (χ2n) is 11.4. The van der Waals surface area contributed by atoms with E-state index >= 15 is 0 Å². The van der Waals surface area contributed by atoms with Gasteiger partial charge in [-0.15, -0.1) is 0 Å². The van der Waals surface area contributed by atoms with Crippen molar-refractivity contribution in [1.29, 1.82) is 0 Å². The number of carbonyl (C=O) groups is 4. The van der Waals surface area contributed by atoms with Crippen LogP contribution in [0.15, 0.2) is 42.6 Å². The Kier molecular flexibility index (Phi) is 6.09. The number of nitrogens with zero attached hydrogens (tertiary/aromatic N) is 4. The van der Waals surface area contributed by atoms with E-state index in [1.807, 2.05) is 25.2 Å². The molecule has 4 heterocycles. The largest absolute Gasteiger partial charge is 0.385 e. The Morgan fingerprint density at radius 3 is 2.54 bits per heavy atom. The minimum Gasteiger partial charge on any atom is -0.385 e. The highest BCUT2D eigenvalue weighted by Gasteiger charge is 2.44. The first kappa shape index (κ1) is 25.4. The molecule has 7 rings (SSSR count). The minimum atomic E-state index is -0.963. The molecule has 3 fully saturated rings. The van der Waals surface area contributed by atoms with Crippen LogP contribution >= 0.6 is 0 Å². The topological polar surface area (TPSA) is 138 Å². The molecule has 11 heteroatoms. The summed E-state index contributed by atoms with van der Waals surface area (Å²) in [6.07, 6.45) is 6.73. The number of rotatable bonds is 8. The Morgan fingerprint density at radius 2 is 1.78 bits per heavy atom. The van der Waals surface area contributed by atoms with Crippen molar-refractivity contribution in [3.8, 4) is 11.3 Å². The van der Waals surface area contributed by atoms with Gasteiger partial charge in [0, 0.05) is 43.4 Å². The van der Waals surface area contributed by atoms with Crippen molar-refractivity contribution in [2.24, 2.45) is 5.92 Å². The van der Waals surface area contributed by atoms with Crippen LogP contribution in [0.1, 0.15) is 76.9 Å². The van der Waals surface area contributed by atoms with Gasteiger partial charge in [0.25, 0.3) is 11.8 Å². The molecule has 0 radical (unpaired) electrons. The summed E-state index contributed by atoms with van der Waals surface area (Å²) in [6.45, 7) is 0.740. The zero-order valence-corrected chi connectivity index (χ0v) is 22.7. The summed E-state index contributed by atoms with van der Waals surface area (Å²) >= 11 is 0. The minimum absolute atomic E-state index is 0.0984. The van der Waals surface area contributed by atoms with Crippen molar-refractivity contribution in [2.75, 3.05) is 24.2 Å². The SMILES string of the molecule is CNc1cccc(-c2cn([C@H]3C[C@H](CNc4ccc5c(c4)C(=O)N(C4CCC(=O)NC4=O)C5=O)C3)nc2C2CC2)n1. The fraction of sp³-hybridized carbons (Fsp3) is 0.400. The van der Waals surface area contributed by atoms with Gasteiger partial charge in [-0.05, 0) is 68.4 Å². The van der Waals surface area contributed by atoms with Crippen molar-refractivity contribution >= 4 is 35.1 Å². The Hall–Kier alpha value is -4.54. The third-order valence-corrected chi connectivity index (χ3v) is 8.63. The van der Waals surface area contributed by atoms with Crippen LogP contribution in [0, 0.1) is 5.92 Å². The highest BCUT2D eigenvalue weighted by atomic mass is 16.2. The van der Waals surface area contributed by atoms with Crippen molar-refractivity contribution in [3.05, 3.63) is 59.4 Å². The lowest BCUT2D eigenvalue weighted by Crippen LogP contribution is -2.54. The standard InChI is InChI=1S/C30H31N7O4/c1-31-25-4-2-3-23(33-25)22-15-36(35-27(22)17-5-6-17)19-11-16(12-19)14-32-18-7-8-20-21(13-18)30(41)37(29(20)40)24-9-10-26(38)34-28(24)39/h2-4,7-8,13,15-17,19,24,32H,5-6,9-12,14H2,1H3,(H,31,33)(H,34,38,39)/t16-,19-,24?. The van der Waals surface area contributed by atoms with Gasteiger partial charge in [-0.3, -0.25) is 34.1 Å². The number of hydrogen-bond acceptors (Lipinski definition) is 8. The number of nitrogens with one attached hydrogen (secondary N) is 3. The van der Waals surface area contributed by atoms with E-state index in [9.17, 15) is 19.2 Å². The third kappa shape index (κ3) is 4.55. The quantitative estimate of drug-likeness (QED) is 0.361. The van der Waals surface area contributed by atoms with E-state index in [0.29, 0.717) is 17.9 Å². The predicted octanol–water partition coefficient (Wildman–Crippen LogP) is 3.33. The first-order chi connectivity index (χ1) is 19.9. The Bertz CT molecular complexity index is 1590. The van der Waals surface area contributed by atoms with E-state index in [1.54, 1.807) is 18.2 Å². The summed E-state index contributed by atoms with van der Waals surface area (Å²) in [6, 6.07) is 10.5. The van der Waals surface area contributed by atoms with E-state index < -0.39 is 23.8 Å². The lowest BCUT2D eigenvalue weighted by atomic mass is 9.80. The maximum Gasteiger partial charge on any atom is 0.262 e. The van der Waals surface area contributed by atoms with E-state index in [4.69, 9.17) is 10.1 Å². The number of aromatic nitrogens is 3. The average molecular weight is 554 g/mol. The molecule has 2 aromatic heterocycles. The summed E-state index contributed by atoms with van der Waals surface area (Å²) in [5.41, 5.74) is 4.54. The molecule has 11 nitrogen and oxygen atoms in total. The van der Waals surface area contributed by atoms with Crippen molar-refractivity contribution < 1.29 is 19.2 Å². The van der Waals surface area contributed by atoms with Gasteiger partial charge >= 0.3 is 0 Å². The molecule has 41 heavy (non-hydrogen) atoms. The Balaban J connectivity index is 0.989. The Labute approximate surface area is 236 Å². The van der Waals surface area contributed by atoms with Crippen molar-refractivity contribution in [3.63, 3.8) is 0 Å². The fourth-order valence-corrected chi connectivity index (χ4v) is 6.10. The summed E-state index contributed by atoms with van der Waals surface area (Å²) in [5, 5.41) is 13.8. The number of hydrogen-bond donors (Lipinski definition) is 3. The molecule has 1 unspecified atom stereocenters. The molecule has 0 bridgehead atoms. The van der Waals surface area contributed by atoms with Crippen LogP contribution < -0.4 is 16.0 Å². The van der Waals surface area contributed by atoms with Crippen molar-refractivity contribution in [1.82, 2.24) is 25.0 Å². The molecule has 1 atom stereocenters. The zero-order chi connectivity index (χ0) is 28.2. The van der Waals surface area contributed by atoms with Crippen LogP contribution in [-0.2, 0) is 9.59 Å². The molecule has 2 aliphatic carbocycles. The summed E-state index contributed by atoms with van der Waals surface area (Å²) < 4.78 is 2.12. The first-order valence-corrected chi connectivity index (χ1v) is 14.2. The first-order valence-electron chi connectivity index (χ1n) is 14.2. The number of carbonyl (C=O) groups excluding carboxylic acids is 4. The highest BCUT2D eigenvalue weighted by molar-refractivity contribution is 6.23. The lowest BCUT2D eigenvalue weighted by Gasteiger charge is -2.35. The fourth-order valence-electron chi connectivity index (χ4n) is 6.10. The number of pyridine rings is 1.